The van der Waals surface area contributed by atoms with Crippen LogP contribution in [0.1, 0.15) is 41.7 Å². The van der Waals surface area contributed by atoms with Crippen LogP contribution >= 0.6 is 11.3 Å². The number of hydrogen-bond acceptors (Lipinski definition) is 5. The first-order valence-electron chi connectivity index (χ1n) is 8.34. The van der Waals surface area contributed by atoms with E-state index in [9.17, 15) is 13.2 Å². The van der Waals surface area contributed by atoms with E-state index < -0.39 is 10.0 Å². The molecule has 8 heteroatoms. The van der Waals surface area contributed by atoms with Gasteiger partial charge < -0.3 is 4.90 Å². The molecule has 0 unspecified atom stereocenters. The van der Waals surface area contributed by atoms with Crippen LogP contribution < -0.4 is 4.72 Å². The Morgan fingerprint density at radius 3 is 2.64 bits per heavy atom. The van der Waals surface area contributed by atoms with Gasteiger partial charge in [0, 0.05) is 24.7 Å². The molecule has 6 nitrogen and oxygen atoms in total. The van der Waals surface area contributed by atoms with E-state index in [1.165, 1.54) is 6.07 Å². The molecule has 25 heavy (non-hydrogen) atoms. The highest BCUT2D eigenvalue weighted by molar-refractivity contribution is 7.91. The van der Waals surface area contributed by atoms with Crippen LogP contribution in [0.3, 0.4) is 0 Å². The number of pyridine rings is 1. The first-order valence-corrected chi connectivity index (χ1v) is 10.7. The van der Waals surface area contributed by atoms with Crippen molar-refractivity contribution in [3.05, 3.63) is 47.1 Å². The van der Waals surface area contributed by atoms with Crippen molar-refractivity contribution in [3.63, 3.8) is 0 Å². The normalized spacial score (nSPS) is 15.8. The van der Waals surface area contributed by atoms with Gasteiger partial charge >= 0.3 is 0 Å². The fourth-order valence-electron chi connectivity index (χ4n) is 2.77. The molecule has 0 aromatic carbocycles. The van der Waals surface area contributed by atoms with E-state index in [4.69, 9.17) is 0 Å². The lowest BCUT2D eigenvalue weighted by molar-refractivity contribution is 0.0762. The highest BCUT2D eigenvalue weighted by Gasteiger charge is 2.22. The second-order valence-corrected chi connectivity index (χ2v) is 8.91. The molecular weight excluding hydrogens is 358 g/mol. The number of hydrogen-bond donors (Lipinski definition) is 1. The van der Waals surface area contributed by atoms with E-state index in [1.54, 1.807) is 29.8 Å². The Hall–Kier alpha value is -1.77. The summed E-state index contributed by atoms with van der Waals surface area (Å²) in [4.78, 5) is 18.5. The maximum absolute atomic E-state index is 12.6. The molecule has 1 fully saturated rings. The molecule has 3 rings (SSSR count). The number of carbonyl (C=O) groups is 1. The Bertz CT molecular complexity index is 811. The van der Waals surface area contributed by atoms with Gasteiger partial charge in [-0.2, -0.15) is 0 Å². The van der Waals surface area contributed by atoms with Crippen LogP contribution in [0.5, 0.6) is 0 Å². The van der Waals surface area contributed by atoms with Crippen molar-refractivity contribution in [2.75, 3.05) is 13.1 Å². The summed E-state index contributed by atoms with van der Waals surface area (Å²) in [5.41, 5.74) is 1.09. The maximum atomic E-state index is 12.6. The Labute approximate surface area is 151 Å². The molecule has 0 radical (unpaired) electrons. The smallest absolute Gasteiger partial charge is 0.254 e. The van der Waals surface area contributed by atoms with Gasteiger partial charge in [-0.05, 0) is 31.0 Å². The molecule has 0 aliphatic carbocycles. The number of likely N-dealkylation sites (tertiary alicyclic amines) is 1. The summed E-state index contributed by atoms with van der Waals surface area (Å²) in [6, 6.07) is 6.81. The molecule has 0 spiro atoms. The molecule has 2 aromatic heterocycles. The third-order valence-electron chi connectivity index (χ3n) is 4.15. The Morgan fingerprint density at radius 1 is 1.20 bits per heavy atom. The summed E-state index contributed by atoms with van der Waals surface area (Å²) in [6.45, 7) is 1.61. The average Bonchev–Trinajstić information content (AvgIpc) is 2.98. The lowest BCUT2D eigenvalue weighted by atomic mass is 10.2. The quantitative estimate of drug-likeness (QED) is 0.866. The van der Waals surface area contributed by atoms with Gasteiger partial charge in [-0.25, -0.2) is 13.1 Å². The standard InChI is InChI=1S/C17H21N3O3S2/c21-17(20-9-5-1-2-6-10-20)14-11-16(24-13-14)25(22,23)19-12-15-7-3-4-8-18-15/h3-4,7-8,11,13,19H,1-2,5-6,9-10,12H2. The Morgan fingerprint density at radius 2 is 1.96 bits per heavy atom. The monoisotopic (exact) mass is 379 g/mol. The van der Waals surface area contributed by atoms with Crippen molar-refractivity contribution in [1.29, 1.82) is 0 Å². The number of rotatable bonds is 5. The van der Waals surface area contributed by atoms with Gasteiger partial charge in [0.15, 0.2) is 0 Å². The fourth-order valence-corrected chi connectivity index (χ4v) is 4.97. The van der Waals surface area contributed by atoms with Crippen molar-refractivity contribution in [2.24, 2.45) is 0 Å². The molecule has 1 N–H and O–H groups in total. The molecule has 134 valence electrons. The van der Waals surface area contributed by atoms with Gasteiger partial charge in [-0.15, -0.1) is 11.3 Å². The summed E-state index contributed by atoms with van der Waals surface area (Å²) in [5.74, 6) is -0.0793. The van der Waals surface area contributed by atoms with E-state index in [0.717, 1.165) is 50.1 Å². The fraction of sp³-hybridized carbons (Fsp3) is 0.412. The zero-order valence-corrected chi connectivity index (χ0v) is 15.5. The predicted octanol–water partition coefficient (Wildman–Crippen LogP) is 2.64. The third kappa shape index (κ3) is 4.65. The van der Waals surface area contributed by atoms with Crippen LogP contribution in [0, 0.1) is 0 Å². The van der Waals surface area contributed by atoms with E-state index in [1.807, 2.05) is 4.90 Å². The second-order valence-electron chi connectivity index (χ2n) is 6.01. The minimum absolute atomic E-state index is 0.0793. The number of nitrogens with one attached hydrogen (secondary N) is 1. The van der Waals surface area contributed by atoms with Crippen LogP contribution in [0.2, 0.25) is 0 Å². The van der Waals surface area contributed by atoms with Crippen LogP contribution in [0.15, 0.2) is 40.1 Å². The summed E-state index contributed by atoms with van der Waals surface area (Å²) in [6.07, 6.45) is 5.92. The number of amides is 1. The topological polar surface area (TPSA) is 79.4 Å². The van der Waals surface area contributed by atoms with E-state index in [-0.39, 0.29) is 16.7 Å². The number of aromatic nitrogens is 1. The van der Waals surface area contributed by atoms with Crippen LogP contribution in [-0.4, -0.2) is 37.3 Å². The van der Waals surface area contributed by atoms with Crippen molar-refractivity contribution in [2.45, 2.75) is 36.4 Å². The van der Waals surface area contributed by atoms with Gasteiger partial charge in [0.1, 0.15) is 4.21 Å². The first-order chi connectivity index (χ1) is 12.1. The molecule has 0 bridgehead atoms. The Kier molecular flexibility index (Phi) is 5.82. The molecule has 1 amide bonds. The molecular formula is C17H21N3O3S2. The first kappa shape index (κ1) is 18.0. The van der Waals surface area contributed by atoms with E-state index in [0.29, 0.717) is 11.3 Å². The van der Waals surface area contributed by atoms with Crippen molar-refractivity contribution in [3.8, 4) is 0 Å². The van der Waals surface area contributed by atoms with Gasteiger partial charge in [0.05, 0.1) is 17.8 Å². The molecule has 1 saturated heterocycles. The summed E-state index contributed by atoms with van der Waals surface area (Å²) >= 11 is 1.07. The summed E-state index contributed by atoms with van der Waals surface area (Å²) in [7, 11) is -3.65. The largest absolute Gasteiger partial charge is 0.339 e. The molecule has 0 atom stereocenters. The number of nitrogens with zero attached hydrogens (tertiary/aromatic N) is 2. The predicted molar refractivity (Wildman–Crippen MR) is 97.0 cm³/mol. The van der Waals surface area contributed by atoms with Crippen molar-refractivity contribution in [1.82, 2.24) is 14.6 Å². The number of thiophene rings is 1. The summed E-state index contributed by atoms with van der Waals surface area (Å²) in [5, 5.41) is 1.63. The molecule has 1 aliphatic heterocycles. The second kappa shape index (κ2) is 8.07. The molecule has 0 saturated carbocycles. The number of sulfonamides is 1. The van der Waals surface area contributed by atoms with E-state index >= 15 is 0 Å². The SMILES string of the molecule is O=C(c1csc(S(=O)(=O)NCc2ccccn2)c1)N1CCCCCC1. The lowest BCUT2D eigenvalue weighted by Crippen LogP contribution is -2.31. The van der Waals surface area contributed by atoms with E-state index in [2.05, 4.69) is 9.71 Å². The Balaban J connectivity index is 1.68. The minimum Gasteiger partial charge on any atom is -0.339 e. The highest BCUT2D eigenvalue weighted by atomic mass is 32.2. The van der Waals surface area contributed by atoms with Crippen LogP contribution in [-0.2, 0) is 16.6 Å². The van der Waals surface area contributed by atoms with Gasteiger partial charge in [-0.3, -0.25) is 9.78 Å². The average molecular weight is 380 g/mol. The van der Waals surface area contributed by atoms with Crippen molar-refractivity contribution < 1.29 is 13.2 Å². The molecule has 1 aliphatic rings. The van der Waals surface area contributed by atoms with Crippen LogP contribution in [0.4, 0.5) is 0 Å². The van der Waals surface area contributed by atoms with Gasteiger partial charge in [0.25, 0.3) is 5.91 Å². The molecule has 3 heterocycles. The zero-order valence-electron chi connectivity index (χ0n) is 13.8. The lowest BCUT2D eigenvalue weighted by Gasteiger charge is -2.19. The summed E-state index contributed by atoms with van der Waals surface area (Å²) < 4.78 is 27.5. The highest BCUT2D eigenvalue weighted by Crippen LogP contribution is 2.22. The minimum atomic E-state index is -3.65. The van der Waals surface area contributed by atoms with Crippen molar-refractivity contribution >= 4 is 27.3 Å². The zero-order chi connectivity index (χ0) is 17.7. The van der Waals surface area contributed by atoms with Gasteiger partial charge in [0.2, 0.25) is 10.0 Å². The number of carbonyl (C=O) groups excluding carboxylic acids is 1. The van der Waals surface area contributed by atoms with Crippen LogP contribution in [0.25, 0.3) is 0 Å². The third-order valence-corrected chi connectivity index (χ3v) is 6.99. The molecule has 2 aromatic rings. The maximum Gasteiger partial charge on any atom is 0.254 e. The van der Waals surface area contributed by atoms with Gasteiger partial charge in [-0.1, -0.05) is 18.9 Å².